The molecule has 0 radical (unpaired) electrons. The number of rotatable bonds is 8. The van der Waals surface area contributed by atoms with Gasteiger partial charge in [-0.05, 0) is 19.1 Å². The molecule has 0 saturated carbocycles. The zero-order valence-electron chi connectivity index (χ0n) is 19.0. The monoisotopic (exact) mass is 527 g/mol. The number of pyridine rings is 1. The summed E-state index contributed by atoms with van der Waals surface area (Å²) in [6.07, 6.45) is 5.63. The smallest absolute Gasteiger partial charge is 0.276 e. The molecule has 2 atom stereocenters. The van der Waals surface area contributed by atoms with Gasteiger partial charge in [0.2, 0.25) is 6.33 Å². The third kappa shape index (κ3) is 4.28. The first-order valence-corrected chi connectivity index (χ1v) is 12.9. The van der Waals surface area contributed by atoms with Crippen LogP contribution in [0.15, 0.2) is 58.7 Å². The standard InChI is InChI=1S/C22H21N7O5S2/c1-2-34-26-15(14-10-36-22(23)24-14)18(30)25-16-19(31)29-17(21(32)33)12(9-35-20(16)29)7-27-8-13-5-3-4-6-28(13)11-27/h3-6,8,10-11,16,20H,2,7,9H2,1H3,(H3-,23,24,25,30,32,33)/b26-15-/t16-,20-/m1/s1. The highest BCUT2D eigenvalue weighted by Gasteiger charge is 2.53. The Hall–Kier alpha value is -3.91. The third-order valence-electron chi connectivity index (χ3n) is 5.66. The van der Waals surface area contributed by atoms with Gasteiger partial charge in [0, 0.05) is 16.7 Å². The maximum atomic E-state index is 13.0. The second kappa shape index (κ2) is 9.62. The molecular weight excluding hydrogens is 506 g/mol. The van der Waals surface area contributed by atoms with Crippen molar-refractivity contribution in [1.82, 2.24) is 19.6 Å². The van der Waals surface area contributed by atoms with Crippen LogP contribution in [0.25, 0.3) is 5.52 Å². The minimum atomic E-state index is -1.44. The predicted molar refractivity (Wildman–Crippen MR) is 129 cm³/mol. The highest BCUT2D eigenvalue weighted by molar-refractivity contribution is 8.00. The van der Waals surface area contributed by atoms with E-state index in [2.05, 4.69) is 15.5 Å². The van der Waals surface area contributed by atoms with Gasteiger partial charge < -0.3 is 25.8 Å². The van der Waals surface area contributed by atoms with Gasteiger partial charge in [-0.3, -0.25) is 14.5 Å². The zero-order valence-corrected chi connectivity index (χ0v) is 20.6. The second-order valence-electron chi connectivity index (χ2n) is 7.98. The maximum Gasteiger partial charge on any atom is 0.276 e. The summed E-state index contributed by atoms with van der Waals surface area (Å²) in [6.45, 7) is 2.21. The first kappa shape index (κ1) is 23.8. The minimum absolute atomic E-state index is 0.120. The summed E-state index contributed by atoms with van der Waals surface area (Å²) in [5.74, 6) is -2.30. The topological polar surface area (TPSA) is 158 Å². The van der Waals surface area contributed by atoms with Crippen LogP contribution in [-0.4, -0.2) is 61.6 Å². The fourth-order valence-electron chi connectivity index (χ4n) is 4.09. The van der Waals surface area contributed by atoms with Gasteiger partial charge in [-0.1, -0.05) is 11.2 Å². The lowest BCUT2D eigenvalue weighted by atomic mass is 10.0. The largest absolute Gasteiger partial charge is 0.543 e. The number of nitrogens with one attached hydrogen (secondary N) is 1. The number of β-lactam (4-membered cyclic amide) rings is 1. The Morgan fingerprint density at radius 1 is 1.42 bits per heavy atom. The Morgan fingerprint density at radius 2 is 2.25 bits per heavy atom. The number of nitrogens with zero attached hydrogens (tertiary/aromatic N) is 5. The number of anilines is 1. The van der Waals surface area contributed by atoms with Crippen molar-refractivity contribution in [3.05, 3.63) is 59.3 Å². The van der Waals surface area contributed by atoms with E-state index in [1.165, 1.54) is 16.7 Å². The van der Waals surface area contributed by atoms with E-state index in [1.807, 2.05) is 45.9 Å². The summed E-state index contributed by atoms with van der Waals surface area (Å²) in [6, 6.07) is 4.80. The zero-order chi connectivity index (χ0) is 25.4. The number of carbonyl (C=O) groups excluding carboxylic acids is 3. The molecule has 0 aromatic carbocycles. The van der Waals surface area contributed by atoms with Gasteiger partial charge in [-0.15, -0.1) is 23.1 Å². The van der Waals surface area contributed by atoms with E-state index in [4.69, 9.17) is 10.6 Å². The normalized spacial score (nSPS) is 19.8. The number of carboxylic acids is 1. The van der Waals surface area contributed by atoms with E-state index in [0.717, 1.165) is 16.9 Å². The summed E-state index contributed by atoms with van der Waals surface area (Å²) < 4.78 is 3.77. The number of hydrogen-bond donors (Lipinski definition) is 2. The number of aliphatic carboxylic acids is 1. The van der Waals surface area contributed by atoms with Crippen LogP contribution in [-0.2, 0) is 25.8 Å². The number of aromatic nitrogens is 3. The Balaban J connectivity index is 1.35. The fraction of sp³-hybridized carbons (Fsp3) is 0.273. The Kier molecular flexibility index (Phi) is 6.36. The summed E-state index contributed by atoms with van der Waals surface area (Å²) in [5.41, 5.74) is 7.11. The van der Waals surface area contributed by atoms with E-state index in [-0.39, 0.29) is 35.4 Å². The molecule has 2 aliphatic rings. The number of nitrogens with two attached hydrogens (primary N) is 1. The van der Waals surface area contributed by atoms with E-state index < -0.39 is 29.2 Å². The molecular formula is C22H21N7O5S2. The van der Waals surface area contributed by atoms with Gasteiger partial charge in [-0.25, -0.2) is 14.0 Å². The van der Waals surface area contributed by atoms with E-state index >= 15 is 0 Å². The van der Waals surface area contributed by atoms with Crippen LogP contribution in [0.2, 0.25) is 0 Å². The number of fused-ring (bicyclic) bond motifs is 2. The molecule has 0 spiro atoms. The van der Waals surface area contributed by atoms with Gasteiger partial charge in [0.15, 0.2) is 16.4 Å². The molecule has 0 unspecified atom stereocenters. The van der Waals surface area contributed by atoms with Crippen LogP contribution in [0.5, 0.6) is 0 Å². The maximum absolute atomic E-state index is 13.0. The van der Waals surface area contributed by atoms with Gasteiger partial charge in [0.05, 0.1) is 17.9 Å². The van der Waals surface area contributed by atoms with Crippen molar-refractivity contribution in [3.8, 4) is 0 Å². The van der Waals surface area contributed by atoms with E-state index in [0.29, 0.717) is 11.3 Å². The van der Waals surface area contributed by atoms with Crippen LogP contribution >= 0.6 is 23.1 Å². The van der Waals surface area contributed by atoms with Crippen LogP contribution in [0.1, 0.15) is 12.6 Å². The van der Waals surface area contributed by atoms with Gasteiger partial charge >= 0.3 is 0 Å². The molecule has 5 heterocycles. The highest BCUT2D eigenvalue weighted by atomic mass is 32.2. The van der Waals surface area contributed by atoms with Crippen LogP contribution in [0, 0.1) is 0 Å². The average Bonchev–Trinajstić information content (AvgIpc) is 3.47. The summed E-state index contributed by atoms with van der Waals surface area (Å²) in [5, 5.41) is 19.8. The average molecular weight is 528 g/mol. The van der Waals surface area contributed by atoms with Crippen LogP contribution in [0.3, 0.4) is 0 Å². The number of imidazole rings is 1. The van der Waals surface area contributed by atoms with Crippen molar-refractivity contribution in [1.29, 1.82) is 0 Å². The van der Waals surface area contributed by atoms with Gasteiger partial charge in [-0.2, -0.15) is 0 Å². The molecule has 3 N–H and O–H groups in total. The molecule has 36 heavy (non-hydrogen) atoms. The third-order valence-corrected chi connectivity index (χ3v) is 7.67. The fourth-order valence-corrected chi connectivity index (χ4v) is 5.97. The molecule has 0 bridgehead atoms. The SMILES string of the molecule is CCO/N=C(\C(=O)N[C@@H]1C(=O)N2C(C(=O)[O-])=C(C[n+]3cc4ccccn4c3)CS[C@H]12)c1csc(N)n1. The summed E-state index contributed by atoms with van der Waals surface area (Å²) in [7, 11) is 0. The summed E-state index contributed by atoms with van der Waals surface area (Å²) >= 11 is 2.50. The highest BCUT2D eigenvalue weighted by Crippen LogP contribution is 2.40. The first-order valence-electron chi connectivity index (χ1n) is 10.9. The van der Waals surface area contributed by atoms with Crippen molar-refractivity contribution in [2.24, 2.45) is 5.16 Å². The van der Waals surface area contributed by atoms with Crippen molar-refractivity contribution in [2.45, 2.75) is 24.9 Å². The number of hydrogen-bond acceptors (Lipinski definition) is 10. The lowest BCUT2D eigenvalue weighted by Crippen LogP contribution is -2.71. The lowest BCUT2D eigenvalue weighted by Gasteiger charge is -2.50. The van der Waals surface area contributed by atoms with Gasteiger partial charge in [0.25, 0.3) is 11.8 Å². The molecule has 3 aromatic heterocycles. The molecule has 1 fully saturated rings. The number of thiazole rings is 1. The molecule has 3 aromatic rings. The Bertz CT molecular complexity index is 1400. The van der Waals surface area contributed by atoms with Crippen LogP contribution < -0.4 is 20.7 Å². The molecule has 5 rings (SSSR count). The number of amides is 2. The Morgan fingerprint density at radius 3 is 2.94 bits per heavy atom. The molecule has 1 saturated heterocycles. The molecule has 12 nitrogen and oxygen atoms in total. The molecule has 186 valence electrons. The number of carboxylic acid groups (broad SMARTS) is 1. The molecule has 14 heteroatoms. The van der Waals surface area contributed by atoms with Crippen molar-refractivity contribution in [3.63, 3.8) is 0 Å². The van der Waals surface area contributed by atoms with Crippen molar-refractivity contribution >= 4 is 57.2 Å². The number of nitrogen functional groups attached to an aromatic ring is 1. The summed E-state index contributed by atoms with van der Waals surface area (Å²) in [4.78, 5) is 48.3. The van der Waals surface area contributed by atoms with Gasteiger partial charge in [0.1, 0.15) is 36.5 Å². The van der Waals surface area contributed by atoms with Crippen LogP contribution in [0.4, 0.5) is 5.13 Å². The Labute approximate surface area is 213 Å². The first-order chi connectivity index (χ1) is 17.4. The van der Waals surface area contributed by atoms with E-state index in [1.54, 1.807) is 12.3 Å². The van der Waals surface area contributed by atoms with Crippen molar-refractivity contribution in [2.75, 3.05) is 18.1 Å². The minimum Gasteiger partial charge on any atom is -0.543 e. The quantitative estimate of drug-likeness (QED) is 0.165. The number of thioether (sulfide) groups is 1. The second-order valence-corrected chi connectivity index (χ2v) is 9.97. The van der Waals surface area contributed by atoms with E-state index in [9.17, 15) is 19.5 Å². The molecule has 0 aliphatic carbocycles. The molecule has 2 aliphatic heterocycles. The predicted octanol–water partition coefficient (Wildman–Crippen LogP) is -0.890. The number of oxime groups is 1. The molecule has 2 amide bonds. The van der Waals surface area contributed by atoms with Crippen molar-refractivity contribution < 1.29 is 28.9 Å². The number of carbonyl (C=O) groups is 3. The lowest BCUT2D eigenvalue weighted by molar-refractivity contribution is -0.687.